The van der Waals surface area contributed by atoms with Crippen LogP contribution >= 0.6 is 11.3 Å². The van der Waals surface area contributed by atoms with Crippen molar-refractivity contribution in [3.05, 3.63) is 40.4 Å². The Morgan fingerprint density at radius 3 is 2.40 bits per heavy atom. The molecular formula is C13H13N3O3S. The lowest BCUT2D eigenvalue weighted by Gasteiger charge is -2.02. The van der Waals surface area contributed by atoms with E-state index in [9.17, 15) is 9.59 Å². The van der Waals surface area contributed by atoms with E-state index in [-0.39, 0.29) is 5.91 Å². The Morgan fingerprint density at radius 2 is 1.85 bits per heavy atom. The fraction of sp³-hybridized carbons (Fsp3) is 0.231. The fourth-order valence-corrected chi connectivity index (χ4v) is 2.17. The number of rotatable bonds is 4. The Labute approximate surface area is 119 Å². The minimum absolute atomic E-state index is 0.291. The van der Waals surface area contributed by atoms with E-state index < -0.39 is 5.97 Å². The molecule has 0 aliphatic rings. The molecule has 104 valence electrons. The second kappa shape index (κ2) is 6.25. The summed E-state index contributed by atoms with van der Waals surface area (Å²) in [7, 11) is 1.31. The Kier molecular flexibility index (Phi) is 4.41. The third kappa shape index (κ3) is 3.18. The summed E-state index contributed by atoms with van der Waals surface area (Å²) < 4.78 is 4.59. The largest absolute Gasteiger partial charge is 0.465 e. The molecule has 7 heteroatoms. The molecule has 20 heavy (non-hydrogen) atoms. The van der Waals surface area contributed by atoms with Crippen LogP contribution in [0.2, 0.25) is 0 Å². The van der Waals surface area contributed by atoms with Gasteiger partial charge in [-0.2, -0.15) is 0 Å². The maximum Gasteiger partial charge on any atom is 0.337 e. The fourth-order valence-electron chi connectivity index (χ4n) is 1.49. The van der Waals surface area contributed by atoms with Crippen LogP contribution in [0.4, 0.5) is 5.13 Å². The van der Waals surface area contributed by atoms with Crippen molar-refractivity contribution in [1.82, 2.24) is 10.2 Å². The number of amides is 1. The van der Waals surface area contributed by atoms with E-state index in [4.69, 9.17) is 0 Å². The van der Waals surface area contributed by atoms with E-state index >= 15 is 0 Å². The summed E-state index contributed by atoms with van der Waals surface area (Å²) in [5, 5.41) is 11.8. The topological polar surface area (TPSA) is 81.2 Å². The van der Waals surface area contributed by atoms with Gasteiger partial charge in [0.1, 0.15) is 5.01 Å². The predicted molar refractivity (Wildman–Crippen MR) is 75.0 cm³/mol. The molecular weight excluding hydrogens is 278 g/mol. The SMILES string of the molecule is CCc1nnc(NC(=O)c2ccc(C(=O)OC)cc2)s1. The van der Waals surface area contributed by atoms with Crippen LogP contribution in [0.5, 0.6) is 0 Å². The number of aromatic nitrogens is 2. The minimum Gasteiger partial charge on any atom is -0.465 e. The van der Waals surface area contributed by atoms with Gasteiger partial charge in [-0.3, -0.25) is 10.1 Å². The van der Waals surface area contributed by atoms with E-state index in [1.807, 2.05) is 6.92 Å². The number of esters is 1. The quantitative estimate of drug-likeness (QED) is 0.873. The highest BCUT2D eigenvalue weighted by atomic mass is 32.1. The third-order valence-corrected chi connectivity index (χ3v) is 3.54. The molecule has 0 saturated carbocycles. The van der Waals surface area contributed by atoms with Crippen molar-refractivity contribution in [3.63, 3.8) is 0 Å². The molecule has 1 heterocycles. The van der Waals surface area contributed by atoms with Gasteiger partial charge in [0.2, 0.25) is 5.13 Å². The number of ether oxygens (including phenoxy) is 1. The van der Waals surface area contributed by atoms with Crippen molar-refractivity contribution in [2.24, 2.45) is 0 Å². The Hall–Kier alpha value is -2.28. The molecule has 1 aromatic carbocycles. The molecule has 0 unspecified atom stereocenters. The molecule has 1 N–H and O–H groups in total. The van der Waals surface area contributed by atoms with Gasteiger partial charge in [-0.05, 0) is 30.7 Å². The van der Waals surface area contributed by atoms with Crippen molar-refractivity contribution < 1.29 is 14.3 Å². The number of hydrogen-bond donors (Lipinski definition) is 1. The first-order valence-electron chi connectivity index (χ1n) is 5.96. The number of nitrogens with one attached hydrogen (secondary N) is 1. The molecule has 0 spiro atoms. The van der Waals surface area contributed by atoms with Crippen LogP contribution in [0.3, 0.4) is 0 Å². The lowest BCUT2D eigenvalue weighted by atomic mass is 10.1. The first-order chi connectivity index (χ1) is 9.63. The smallest absolute Gasteiger partial charge is 0.337 e. The van der Waals surface area contributed by atoms with Crippen LogP contribution in [0, 0.1) is 0 Å². The van der Waals surface area contributed by atoms with Gasteiger partial charge in [-0.25, -0.2) is 4.79 Å². The Morgan fingerprint density at radius 1 is 1.20 bits per heavy atom. The molecule has 0 atom stereocenters. The standard InChI is InChI=1S/C13H13N3O3S/c1-3-10-15-16-13(20-10)14-11(17)8-4-6-9(7-5-8)12(18)19-2/h4-7H,3H2,1-2H3,(H,14,16,17). The summed E-state index contributed by atoms with van der Waals surface area (Å²) in [6.45, 7) is 1.97. The average Bonchev–Trinajstić information content (AvgIpc) is 2.94. The molecule has 0 radical (unpaired) electrons. The first-order valence-corrected chi connectivity index (χ1v) is 6.77. The predicted octanol–water partition coefficient (Wildman–Crippen LogP) is 2.14. The summed E-state index contributed by atoms with van der Waals surface area (Å²) in [5.74, 6) is -0.728. The minimum atomic E-state index is -0.436. The molecule has 0 aliphatic heterocycles. The molecule has 2 rings (SSSR count). The van der Waals surface area contributed by atoms with Crippen LogP contribution < -0.4 is 5.32 Å². The molecule has 1 aromatic heterocycles. The lowest BCUT2D eigenvalue weighted by molar-refractivity contribution is 0.0600. The van der Waals surface area contributed by atoms with Crippen LogP contribution in [0.15, 0.2) is 24.3 Å². The normalized spacial score (nSPS) is 10.1. The Bertz CT molecular complexity index is 622. The zero-order valence-corrected chi connectivity index (χ0v) is 11.9. The lowest BCUT2D eigenvalue weighted by Crippen LogP contribution is -2.12. The number of benzene rings is 1. The van der Waals surface area contributed by atoms with Crippen LogP contribution in [-0.2, 0) is 11.2 Å². The second-order valence-electron chi connectivity index (χ2n) is 3.88. The molecule has 2 aromatic rings. The number of nitrogens with zero attached hydrogens (tertiary/aromatic N) is 2. The number of carbonyl (C=O) groups is 2. The van der Waals surface area contributed by atoms with Gasteiger partial charge in [0.05, 0.1) is 12.7 Å². The van der Waals surface area contributed by atoms with Gasteiger partial charge >= 0.3 is 5.97 Å². The van der Waals surface area contributed by atoms with E-state index in [2.05, 4.69) is 20.3 Å². The van der Waals surface area contributed by atoms with E-state index in [1.165, 1.54) is 30.6 Å². The Balaban J connectivity index is 2.07. The average molecular weight is 291 g/mol. The molecule has 6 nitrogen and oxygen atoms in total. The number of methoxy groups -OCH3 is 1. The second-order valence-corrected chi connectivity index (χ2v) is 4.94. The van der Waals surface area contributed by atoms with Gasteiger partial charge in [0.25, 0.3) is 5.91 Å². The van der Waals surface area contributed by atoms with Gasteiger partial charge in [0.15, 0.2) is 0 Å². The number of aryl methyl sites for hydroxylation is 1. The molecule has 0 bridgehead atoms. The van der Waals surface area contributed by atoms with Crippen LogP contribution in [0.25, 0.3) is 0 Å². The van der Waals surface area contributed by atoms with Crippen molar-refractivity contribution in [2.75, 3.05) is 12.4 Å². The van der Waals surface area contributed by atoms with Crippen molar-refractivity contribution >= 4 is 28.3 Å². The zero-order chi connectivity index (χ0) is 14.5. The zero-order valence-electron chi connectivity index (χ0n) is 11.0. The first kappa shape index (κ1) is 14.1. The van der Waals surface area contributed by atoms with Crippen molar-refractivity contribution in [1.29, 1.82) is 0 Å². The maximum absolute atomic E-state index is 12.0. The van der Waals surface area contributed by atoms with Gasteiger partial charge in [0, 0.05) is 5.56 Å². The summed E-state index contributed by atoms with van der Waals surface area (Å²) in [6, 6.07) is 6.20. The number of carbonyl (C=O) groups excluding carboxylic acids is 2. The van der Waals surface area contributed by atoms with E-state index in [0.29, 0.717) is 16.3 Å². The highest BCUT2D eigenvalue weighted by Crippen LogP contribution is 2.16. The third-order valence-electron chi connectivity index (χ3n) is 2.56. The van der Waals surface area contributed by atoms with E-state index in [1.54, 1.807) is 12.1 Å². The number of hydrogen-bond acceptors (Lipinski definition) is 6. The van der Waals surface area contributed by atoms with Gasteiger partial charge < -0.3 is 4.74 Å². The highest BCUT2D eigenvalue weighted by molar-refractivity contribution is 7.15. The maximum atomic E-state index is 12.0. The van der Waals surface area contributed by atoms with Crippen LogP contribution in [0.1, 0.15) is 32.6 Å². The molecule has 0 aliphatic carbocycles. The van der Waals surface area contributed by atoms with Crippen molar-refractivity contribution in [3.8, 4) is 0 Å². The molecule has 1 amide bonds. The van der Waals surface area contributed by atoms with Crippen molar-refractivity contribution in [2.45, 2.75) is 13.3 Å². The molecule has 0 saturated heterocycles. The summed E-state index contributed by atoms with van der Waals surface area (Å²) >= 11 is 1.34. The summed E-state index contributed by atoms with van der Waals surface area (Å²) in [6.07, 6.45) is 0.779. The monoisotopic (exact) mass is 291 g/mol. The van der Waals surface area contributed by atoms with Crippen LogP contribution in [-0.4, -0.2) is 29.2 Å². The summed E-state index contributed by atoms with van der Waals surface area (Å²) in [4.78, 5) is 23.3. The number of anilines is 1. The van der Waals surface area contributed by atoms with Gasteiger partial charge in [-0.1, -0.05) is 18.3 Å². The van der Waals surface area contributed by atoms with E-state index in [0.717, 1.165) is 11.4 Å². The molecule has 0 fully saturated rings. The highest BCUT2D eigenvalue weighted by Gasteiger charge is 2.11. The summed E-state index contributed by atoms with van der Waals surface area (Å²) in [5.41, 5.74) is 0.833. The van der Waals surface area contributed by atoms with Gasteiger partial charge in [-0.15, -0.1) is 10.2 Å².